The lowest BCUT2D eigenvalue weighted by atomic mass is 9.58. The van der Waals surface area contributed by atoms with Gasteiger partial charge in [-0.15, -0.1) is 0 Å². The van der Waals surface area contributed by atoms with Crippen LogP contribution in [0.2, 0.25) is 0 Å². The fraction of sp³-hybridized carbons (Fsp3) is 0.905. The number of esters is 1. The third kappa shape index (κ3) is 4.89. The number of hydrogen-bond donors (Lipinski definition) is 3. The van der Waals surface area contributed by atoms with Crippen molar-refractivity contribution >= 4 is 24.6 Å². The van der Waals surface area contributed by atoms with Crippen LogP contribution in [-0.4, -0.2) is 53.3 Å². The van der Waals surface area contributed by atoms with E-state index >= 15 is 0 Å². The normalized spacial score (nSPS) is 43.1. The summed E-state index contributed by atoms with van der Waals surface area (Å²) in [5, 5.41) is 8.76. The number of carboxylic acids is 1. The van der Waals surface area contributed by atoms with E-state index in [1.807, 2.05) is 13.8 Å². The predicted molar refractivity (Wildman–Crippen MR) is 113 cm³/mol. The lowest BCUT2D eigenvalue weighted by molar-refractivity contribution is -0.576. The van der Waals surface area contributed by atoms with E-state index in [1.54, 1.807) is 0 Å². The van der Waals surface area contributed by atoms with Gasteiger partial charge in [-0.1, -0.05) is 13.8 Å². The predicted octanol–water partition coefficient (Wildman–Crippen LogP) is 2.48. The average molecular weight is 462 g/mol. The van der Waals surface area contributed by atoms with Crippen LogP contribution in [0.1, 0.15) is 59.3 Å². The van der Waals surface area contributed by atoms with Crippen LogP contribution < -0.4 is 5.73 Å². The Balaban J connectivity index is 0.000000628. The molecule has 4 saturated heterocycles. The number of carboxylic acid groups (broad SMARTS) is 1. The molecule has 0 aromatic carbocycles. The Kier molecular flexibility index (Phi) is 7.92. The Hall–Kier alpha value is -0.910. The van der Waals surface area contributed by atoms with E-state index in [-0.39, 0.29) is 30.6 Å². The van der Waals surface area contributed by atoms with E-state index in [0.29, 0.717) is 18.9 Å². The molecular weight excluding hydrogens is 426 g/mol. The van der Waals surface area contributed by atoms with Crippen LogP contribution in [0.15, 0.2) is 0 Å². The van der Waals surface area contributed by atoms with Crippen LogP contribution >= 0.6 is 12.6 Å². The summed E-state index contributed by atoms with van der Waals surface area (Å²) < 4.78 is 17.8. The first-order valence-electron chi connectivity index (χ1n) is 11.1. The van der Waals surface area contributed by atoms with Crippen molar-refractivity contribution in [2.45, 2.75) is 83.3 Å². The van der Waals surface area contributed by atoms with Crippen molar-refractivity contribution in [1.82, 2.24) is 0 Å². The van der Waals surface area contributed by atoms with Gasteiger partial charge in [-0.2, -0.15) is 12.6 Å². The number of ether oxygens (including phenoxy) is 3. The summed E-state index contributed by atoms with van der Waals surface area (Å²) >= 11 is 3.80. The van der Waals surface area contributed by atoms with Crippen LogP contribution in [0.25, 0.3) is 0 Å². The first kappa shape index (κ1) is 24.7. The van der Waals surface area contributed by atoms with Gasteiger partial charge in [-0.3, -0.25) is 9.59 Å². The number of carbonyl (C=O) groups excluding carboxylic acids is 1. The minimum Gasteiger partial charge on any atom is -0.481 e. The van der Waals surface area contributed by atoms with E-state index in [0.717, 1.165) is 25.0 Å². The largest absolute Gasteiger partial charge is 0.481 e. The van der Waals surface area contributed by atoms with Gasteiger partial charge in [0.2, 0.25) is 12.1 Å². The van der Waals surface area contributed by atoms with Crippen LogP contribution in [0.5, 0.6) is 0 Å². The minimum absolute atomic E-state index is 0.0670. The second-order valence-electron chi connectivity index (χ2n) is 9.17. The molecule has 9 nitrogen and oxygen atoms in total. The first-order chi connectivity index (χ1) is 14.7. The Morgan fingerprint density at radius 2 is 1.87 bits per heavy atom. The molecule has 0 unspecified atom stereocenters. The smallest absolute Gasteiger partial charge is 0.308 e. The highest BCUT2D eigenvalue weighted by Gasteiger charge is 2.69. The number of thiol groups is 1. The van der Waals surface area contributed by atoms with Crippen molar-refractivity contribution in [3.8, 4) is 0 Å². The molecule has 5 fully saturated rings. The summed E-state index contributed by atoms with van der Waals surface area (Å²) in [7, 11) is 0. The molecule has 5 rings (SSSR count). The second-order valence-corrected chi connectivity index (χ2v) is 9.62. The monoisotopic (exact) mass is 461 g/mol. The average Bonchev–Trinajstić information content (AvgIpc) is 2.96. The van der Waals surface area contributed by atoms with Gasteiger partial charge < -0.3 is 25.1 Å². The standard InChI is InChI=1S/C19H28O8.C2H7NS/c1-10-4-5-13-11(2)16(23-15(22)7-6-14(20)21)24-17-19(13)12(10)8-9-18(3,25-17)26-27-19;3-1-2-4/h10-13,16-17H,4-9H2,1-3H3,(H,20,21);4H,1-3H2/t10-,11-,12+,13+,16-,17-,18-,19-;/m1./s1. The molecule has 1 aliphatic carbocycles. The summed E-state index contributed by atoms with van der Waals surface area (Å²) in [6, 6.07) is 0. The molecule has 8 atom stereocenters. The molecule has 0 amide bonds. The molecule has 5 aliphatic rings. The quantitative estimate of drug-likeness (QED) is 0.321. The second kappa shape index (κ2) is 9.93. The summed E-state index contributed by atoms with van der Waals surface area (Å²) in [6.45, 7) is 6.74. The molecule has 2 bridgehead atoms. The Bertz CT molecular complexity index is 663. The van der Waals surface area contributed by atoms with Crippen molar-refractivity contribution < 1.29 is 38.7 Å². The van der Waals surface area contributed by atoms with E-state index in [9.17, 15) is 9.59 Å². The maximum atomic E-state index is 12.1. The highest BCUT2D eigenvalue weighted by Crippen LogP contribution is 2.60. The van der Waals surface area contributed by atoms with E-state index < -0.39 is 35.9 Å². The summed E-state index contributed by atoms with van der Waals surface area (Å²) in [4.78, 5) is 34.5. The Morgan fingerprint density at radius 3 is 2.52 bits per heavy atom. The maximum absolute atomic E-state index is 12.1. The molecule has 4 aliphatic heterocycles. The van der Waals surface area contributed by atoms with E-state index in [4.69, 9.17) is 34.8 Å². The lowest BCUT2D eigenvalue weighted by Gasteiger charge is -2.59. The molecule has 0 radical (unpaired) electrons. The van der Waals surface area contributed by atoms with Crippen molar-refractivity contribution in [2.75, 3.05) is 12.3 Å². The highest BCUT2D eigenvalue weighted by atomic mass is 32.1. The van der Waals surface area contributed by atoms with Gasteiger partial charge in [0.05, 0.1) is 12.8 Å². The number of carbonyl (C=O) groups is 2. The first-order valence-corrected chi connectivity index (χ1v) is 11.7. The number of rotatable bonds is 5. The molecule has 10 heteroatoms. The molecule has 4 heterocycles. The number of fused-ring (bicyclic) bond motifs is 2. The van der Waals surface area contributed by atoms with Gasteiger partial charge >= 0.3 is 11.9 Å². The van der Waals surface area contributed by atoms with E-state index in [2.05, 4.69) is 19.6 Å². The van der Waals surface area contributed by atoms with Gasteiger partial charge in [0.15, 0.2) is 11.9 Å². The molecule has 1 saturated carbocycles. The number of hydrogen-bond acceptors (Lipinski definition) is 9. The van der Waals surface area contributed by atoms with Gasteiger partial charge in [-0.05, 0) is 38.0 Å². The molecule has 0 aromatic rings. The molecule has 1 spiro atoms. The van der Waals surface area contributed by atoms with Crippen LogP contribution in [0, 0.1) is 23.7 Å². The fourth-order valence-corrected chi connectivity index (χ4v) is 5.40. The van der Waals surface area contributed by atoms with E-state index in [1.165, 1.54) is 0 Å². The zero-order valence-electron chi connectivity index (χ0n) is 18.5. The summed E-state index contributed by atoms with van der Waals surface area (Å²) in [6.07, 6.45) is 1.72. The minimum atomic E-state index is -1.03. The van der Waals surface area contributed by atoms with Crippen LogP contribution in [0.4, 0.5) is 0 Å². The van der Waals surface area contributed by atoms with Crippen LogP contribution in [-0.2, 0) is 33.6 Å². The van der Waals surface area contributed by atoms with Gasteiger partial charge in [0.25, 0.3) is 0 Å². The SMILES string of the molecule is C[C@H]1[C@H](OC(=O)CCC(=O)O)O[C@@H]2O[C@@]3(C)CC[C@H]4[C@H](C)CC[C@@H]1[C@@]24OO3.NCCS. The number of nitrogens with two attached hydrogens (primary N) is 1. The van der Waals surface area contributed by atoms with Crippen molar-refractivity contribution in [3.05, 3.63) is 0 Å². The lowest BCUT2D eigenvalue weighted by Crippen LogP contribution is -2.70. The van der Waals surface area contributed by atoms with Crippen molar-refractivity contribution in [2.24, 2.45) is 29.4 Å². The fourth-order valence-electron chi connectivity index (χ4n) is 5.40. The Morgan fingerprint density at radius 1 is 1.16 bits per heavy atom. The zero-order valence-corrected chi connectivity index (χ0v) is 19.3. The highest BCUT2D eigenvalue weighted by molar-refractivity contribution is 7.80. The van der Waals surface area contributed by atoms with Crippen molar-refractivity contribution in [3.63, 3.8) is 0 Å². The topological polar surface area (TPSA) is 127 Å². The number of aliphatic carboxylic acids is 1. The van der Waals surface area contributed by atoms with Crippen molar-refractivity contribution in [1.29, 1.82) is 0 Å². The Labute approximate surface area is 188 Å². The molecule has 31 heavy (non-hydrogen) atoms. The molecule has 3 N–H and O–H groups in total. The maximum Gasteiger partial charge on any atom is 0.308 e. The third-order valence-electron chi connectivity index (χ3n) is 7.02. The van der Waals surface area contributed by atoms with Crippen LogP contribution in [0.3, 0.4) is 0 Å². The zero-order chi connectivity index (χ0) is 22.8. The third-order valence-corrected chi connectivity index (χ3v) is 7.28. The van der Waals surface area contributed by atoms with Gasteiger partial charge in [-0.25, -0.2) is 9.78 Å². The summed E-state index contributed by atoms with van der Waals surface area (Å²) in [5.41, 5.74) is 4.25. The molecule has 0 aromatic heterocycles. The van der Waals surface area contributed by atoms with Gasteiger partial charge in [0.1, 0.15) is 0 Å². The van der Waals surface area contributed by atoms with Gasteiger partial charge in [0, 0.05) is 30.6 Å². The molecular formula is C21H35NO8S. The molecule has 178 valence electrons. The summed E-state index contributed by atoms with van der Waals surface area (Å²) in [5.74, 6) is -1.03.